The molecule has 2 heterocycles. The van der Waals surface area contributed by atoms with E-state index in [-0.39, 0.29) is 5.56 Å². The fourth-order valence-electron chi connectivity index (χ4n) is 2.72. The van der Waals surface area contributed by atoms with Gasteiger partial charge in [-0.15, -0.1) is 0 Å². The Morgan fingerprint density at radius 2 is 2.10 bits per heavy atom. The van der Waals surface area contributed by atoms with Gasteiger partial charge in [-0.1, -0.05) is 20.8 Å². The number of rotatable bonds is 6. The van der Waals surface area contributed by atoms with Gasteiger partial charge in [0.25, 0.3) is 5.56 Å². The van der Waals surface area contributed by atoms with E-state index in [4.69, 9.17) is 0 Å². The highest BCUT2D eigenvalue weighted by Crippen LogP contribution is 2.15. The molecule has 1 fully saturated rings. The fraction of sp³-hybridized carbons (Fsp3) is 0.750. The van der Waals surface area contributed by atoms with Crippen molar-refractivity contribution >= 4 is 5.82 Å². The summed E-state index contributed by atoms with van der Waals surface area (Å²) in [5, 5.41) is 3.20. The first-order valence-electron chi connectivity index (χ1n) is 8.08. The van der Waals surface area contributed by atoms with E-state index >= 15 is 0 Å². The minimum absolute atomic E-state index is 0.0153. The number of nitrogens with one attached hydrogen (secondary N) is 1. The Labute approximate surface area is 127 Å². The van der Waals surface area contributed by atoms with E-state index in [0.29, 0.717) is 11.7 Å². The van der Waals surface area contributed by atoms with Crippen molar-refractivity contribution < 1.29 is 0 Å². The summed E-state index contributed by atoms with van der Waals surface area (Å²) in [7, 11) is 0. The monoisotopic (exact) mass is 292 g/mol. The summed E-state index contributed by atoms with van der Waals surface area (Å²) < 4.78 is 1.74. The van der Waals surface area contributed by atoms with Crippen LogP contribution in [0.2, 0.25) is 0 Å². The molecule has 0 bridgehead atoms. The highest BCUT2D eigenvalue weighted by atomic mass is 16.1. The lowest BCUT2D eigenvalue weighted by Crippen LogP contribution is -2.37. The molecule has 0 unspecified atom stereocenters. The van der Waals surface area contributed by atoms with Crippen molar-refractivity contribution in [2.24, 2.45) is 11.8 Å². The van der Waals surface area contributed by atoms with Crippen LogP contribution in [0.1, 0.15) is 33.6 Å². The zero-order valence-corrected chi connectivity index (χ0v) is 13.5. The van der Waals surface area contributed by atoms with Gasteiger partial charge in [0, 0.05) is 32.0 Å². The number of aromatic nitrogens is 2. The molecule has 1 saturated heterocycles. The van der Waals surface area contributed by atoms with Gasteiger partial charge in [0.1, 0.15) is 0 Å². The lowest BCUT2D eigenvalue weighted by molar-refractivity contribution is 0.199. The molecule has 1 aliphatic rings. The normalized spacial score (nSPS) is 17.3. The second-order valence-electron chi connectivity index (χ2n) is 6.58. The Kier molecular flexibility index (Phi) is 5.79. The molecule has 0 aliphatic carbocycles. The van der Waals surface area contributed by atoms with Crippen LogP contribution in [-0.4, -0.2) is 40.6 Å². The van der Waals surface area contributed by atoms with Gasteiger partial charge in [-0.25, -0.2) is 4.98 Å². The van der Waals surface area contributed by atoms with E-state index in [2.05, 4.69) is 36.0 Å². The maximum absolute atomic E-state index is 12.3. The smallest absolute Gasteiger partial charge is 0.293 e. The Bertz CT molecular complexity index is 489. The summed E-state index contributed by atoms with van der Waals surface area (Å²) in [5.41, 5.74) is -0.0153. The van der Waals surface area contributed by atoms with Gasteiger partial charge in [0.15, 0.2) is 5.82 Å². The van der Waals surface area contributed by atoms with Crippen LogP contribution in [0.4, 0.5) is 5.82 Å². The van der Waals surface area contributed by atoms with Crippen LogP contribution in [0, 0.1) is 11.8 Å². The number of anilines is 1. The predicted molar refractivity (Wildman–Crippen MR) is 86.7 cm³/mol. The van der Waals surface area contributed by atoms with Gasteiger partial charge in [0.05, 0.1) is 0 Å². The molecule has 0 saturated carbocycles. The molecule has 1 aromatic heterocycles. The molecule has 5 heteroatoms. The van der Waals surface area contributed by atoms with Crippen LogP contribution in [0.5, 0.6) is 0 Å². The maximum Gasteiger partial charge on any atom is 0.293 e. The number of likely N-dealkylation sites (tertiary alicyclic amines) is 1. The number of piperidine rings is 1. The van der Waals surface area contributed by atoms with Crippen LogP contribution in [-0.2, 0) is 6.54 Å². The molecule has 0 atom stereocenters. The van der Waals surface area contributed by atoms with Crippen molar-refractivity contribution in [1.29, 1.82) is 0 Å². The zero-order valence-electron chi connectivity index (χ0n) is 13.5. The molecule has 0 amide bonds. The van der Waals surface area contributed by atoms with Crippen molar-refractivity contribution in [3.05, 3.63) is 22.7 Å². The van der Waals surface area contributed by atoms with Gasteiger partial charge < -0.3 is 14.8 Å². The molecule has 21 heavy (non-hydrogen) atoms. The molecule has 0 radical (unpaired) electrons. The van der Waals surface area contributed by atoms with E-state index in [9.17, 15) is 4.79 Å². The molecule has 5 nitrogen and oxygen atoms in total. The SMILES string of the molecule is CC(C)Cn1ccnc(NCCN2CCC(C)CC2)c1=O. The molecule has 2 rings (SSSR count). The highest BCUT2D eigenvalue weighted by Gasteiger charge is 2.15. The highest BCUT2D eigenvalue weighted by molar-refractivity contribution is 5.30. The van der Waals surface area contributed by atoms with E-state index in [1.54, 1.807) is 17.0 Å². The van der Waals surface area contributed by atoms with Gasteiger partial charge in [0.2, 0.25) is 0 Å². The van der Waals surface area contributed by atoms with E-state index in [1.165, 1.54) is 25.9 Å². The van der Waals surface area contributed by atoms with Crippen molar-refractivity contribution in [3.63, 3.8) is 0 Å². The van der Waals surface area contributed by atoms with Crippen LogP contribution < -0.4 is 10.9 Å². The van der Waals surface area contributed by atoms with Gasteiger partial charge in [-0.2, -0.15) is 0 Å². The summed E-state index contributed by atoms with van der Waals surface area (Å²) in [6.45, 7) is 11.4. The van der Waals surface area contributed by atoms with Crippen LogP contribution in [0.25, 0.3) is 0 Å². The van der Waals surface area contributed by atoms with Crippen molar-refractivity contribution in [3.8, 4) is 0 Å². The number of hydrogen-bond acceptors (Lipinski definition) is 4. The van der Waals surface area contributed by atoms with E-state index in [0.717, 1.165) is 25.6 Å². The number of hydrogen-bond donors (Lipinski definition) is 1. The molecule has 1 N–H and O–H groups in total. The third-order valence-corrected chi connectivity index (χ3v) is 4.07. The summed E-state index contributed by atoms with van der Waals surface area (Å²) in [6.07, 6.45) is 6.03. The minimum atomic E-state index is -0.0153. The Hall–Kier alpha value is -1.36. The Balaban J connectivity index is 1.84. The summed E-state index contributed by atoms with van der Waals surface area (Å²) in [6, 6.07) is 0. The molecule has 1 aliphatic heterocycles. The summed E-state index contributed by atoms with van der Waals surface area (Å²) in [4.78, 5) is 18.9. The third-order valence-electron chi connectivity index (χ3n) is 4.07. The van der Waals surface area contributed by atoms with E-state index < -0.39 is 0 Å². The zero-order chi connectivity index (χ0) is 15.2. The first-order valence-corrected chi connectivity index (χ1v) is 8.08. The Morgan fingerprint density at radius 3 is 2.76 bits per heavy atom. The first-order chi connectivity index (χ1) is 10.1. The van der Waals surface area contributed by atoms with Crippen molar-refractivity contribution in [2.75, 3.05) is 31.5 Å². The average molecular weight is 292 g/mol. The molecular weight excluding hydrogens is 264 g/mol. The third kappa shape index (κ3) is 4.84. The molecule has 1 aromatic rings. The average Bonchev–Trinajstić information content (AvgIpc) is 2.44. The van der Waals surface area contributed by atoms with E-state index in [1.807, 2.05) is 0 Å². The Morgan fingerprint density at radius 1 is 1.38 bits per heavy atom. The molecule has 0 aromatic carbocycles. The van der Waals surface area contributed by atoms with Gasteiger partial charge in [-0.05, 0) is 37.8 Å². The maximum atomic E-state index is 12.3. The number of nitrogens with zero attached hydrogens (tertiary/aromatic N) is 3. The summed E-state index contributed by atoms with van der Waals surface area (Å²) >= 11 is 0. The second kappa shape index (κ2) is 7.59. The van der Waals surface area contributed by atoms with Gasteiger partial charge in [-0.3, -0.25) is 4.79 Å². The van der Waals surface area contributed by atoms with Crippen LogP contribution >= 0.6 is 0 Å². The molecule has 0 spiro atoms. The molecule has 118 valence electrons. The second-order valence-corrected chi connectivity index (χ2v) is 6.58. The predicted octanol–water partition coefficient (Wildman–Crippen LogP) is 2.04. The van der Waals surface area contributed by atoms with Crippen molar-refractivity contribution in [1.82, 2.24) is 14.5 Å². The van der Waals surface area contributed by atoms with Crippen LogP contribution in [0.15, 0.2) is 17.2 Å². The fourth-order valence-corrected chi connectivity index (χ4v) is 2.72. The molecular formula is C16H28N4O. The standard InChI is InChI=1S/C16H28N4O/c1-13(2)12-20-11-7-18-15(16(20)21)17-6-10-19-8-4-14(3)5-9-19/h7,11,13-14H,4-6,8-10,12H2,1-3H3,(H,17,18). The topological polar surface area (TPSA) is 50.2 Å². The largest absolute Gasteiger partial charge is 0.364 e. The van der Waals surface area contributed by atoms with Crippen LogP contribution in [0.3, 0.4) is 0 Å². The lowest BCUT2D eigenvalue weighted by Gasteiger charge is -2.30. The van der Waals surface area contributed by atoms with Crippen molar-refractivity contribution in [2.45, 2.75) is 40.2 Å². The summed E-state index contributed by atoms with van der Waals surface area (Å²) in [5.74, 6) is 1.78. The first kappa shape index (κ1) is 16.0. The van der Waals surface area contributed by atoms with Gasteiger partial charge >= 0.3 is 0 Å². The quantitative estimate of drug-likeness (QED) is 0.872. The lowest BCUT2D eigenvalue weighted by atomic mass is 9.99. The minimum Gasteiger partial charge on any atom is -0.364 e.